The van der Waals surface area contributed by atoms with Crippen LogP contribution in [0.1, 0.15) is 37.0 Å². The number of benzene rings is 1. The molecular formula is C13H17BrO3. The molecule has 0 aromatic heterocycles. The first-order chi connectivity index (χ1) is 8.22. The minimum absolute atomic E-state index is 0.536. The lowest BCUT2D eigenvalue weighted by Gasteiger charge is -2.12. The lowest BCUT2D eigenvalue weighted by Crippen LogP contribution is -2.01. The molecule has 0 radical (unpaired) electrons. The predicted molar refractivity (Wildman–Crippen MR) is 71.1 cm³/mol. The molecule has 94 valence electrons. The third kappa shape index (κ3) is 4.04. The summed E-state index contributed by atoms with van der Waals surface area (Å²) in [6, 6.07) is 3.49. The number of halogens is 1. The monoisotopic (exact) mass is 300 g/mol. The first-order valence-electron chi connectivity index (χ1n) is 5.77. The summed E-state index contributed by atoms with van der Waals surface area (Å²) in [5.74, 6) is 1.29. The second-order valence-electron chi connectivity index (χ2n) is 3.64. The highest BCUT2D eigenvalue weighted by Gasteiger charge is 2.10. The maximum atomic E-state index is 10.9. The Labute approximate surface area is 110 Å². The van der Waals surface area contributed by atoms with Crippen LogP contribution < -0.4 is 9.47 Å². The summed E-state index contributed by atoms with van der Waals surface area (Å²) < 4.78 is 11.9. The van der Waals surface area contributed by atoms with Gasteiger partial charge in [0.2, 0.25) is 0 Å². The third-order valence-corrected chi connectivity index (χ3v) is 2.73. The molecule has 0 saturated heterocycles. The lowest BCUT2D eigenvalue weighted by atomic mass is 10.2. The van der Waals surface area contributed by atoms with E-state index in [1.54, 1.807) is 12.1 Å². The maximum Gasteiger partial charge on any atom is 0.153 e. The number of aldehydes is 1. The quantitative estimate of drug-likeness (QED) is 0.718. The van der Waals surface area contributed by atoms with Gasteiger partial charge in [-0.2, -0.15) is 0 Å². The van der Waals surface area contributed by atoms with E-state index in [2.05, 4.69) is 15.9 Å². The zero-order chi connectivity index (χ0) is 12.7. The molecule has 0 aliphatic rings. The van der Waals surface area contributed by atoms with Gasteiger partial charge >= 0.3 is 0 Å². The molecule has 0 heterocycles. The molecule has 0 spiro atoms. The average Bonchev–Trinajstić information content (AvgIpc) is 2.35. The van der Waals surface area contributed by atoms with Gasteiger partial charge in [-0.1, -0.05) is 13.8 Å². The van der Waals surface area contributed by atoms with E-state index in [1.165, 1.54) is 0 Å². The van der Waals surface area contributed by atoms with Crippen LogP contribution in [0.25, 0.3) is 0 Å². The first-order valence-corrected chi connectivity index (χ1v) is 6.56. The van der Waals surface area contributed by atoms with Gasteiger partial charge in [0.25, 0.3) is 0 Å². The Bertz CT molecular complexity index is 377. The standard InChI is InChI=1S/C13H17BrO3/c1-3-5-16-12-8-13(17-6-4-2)11(14)7-10(12)9-15/h7-9H,3-6H2,1-2H3. The summed E-state index contributed by atoms with van der Waals surface area (Å²) in [7, 11) is 0. The van der Waals surface area contributed by atoms with Crippen molar-refractivity contribution >= 4 is 22.2 Å². The van der Waals surface area contributed by atoms with Crippen molar-refractivity contribution in [3.8, 4) is 11.5 Å². The number of rotatable bonds is 7. The van der Waals surface area contributed by atoms with E-state index < -0.39 is 0 Å². The SMILES string of the molecule is CCCOc1cc(OCCC)c(C=O)cc1Br. The van der Waals surface area contributed by atoms with Gasteiger partial charge in [0, 0.05) is 6.07 Å². The van der Waals surface area contributed by atoms with Crippen molar-refractivity contribution in [1.29, 1.82) is 0 Å². The molecule has 0 aliphatic heterocycles. The van der Waals surface area contributed by atoms with E-state index in [9.17, 15) is 4.79 Å². The van der Waals surface area contributed by atoms with Crippen LogP contribution in [0, 0.1) is 0 Å². The first kappa shape index (κ1) is 14.0. The van der Waals surface area contributed by atoms with Crippen LogP contribution in [0.15, 0.2) is 16.6 Å². The summed E-state index contributed by atoms with van der Waals surface area (Å²) in [4.78, 5) is 10.9. The van der Waals surface area contributed by atoms with Crippen molar-refractivity contribution in [3.05, 3.63) is 22.2 Å². The normalized spacial score (nSPS) is 10.1. The highest BCUT2D eigenvalue weighted by molar-refractivity contribution is 9.10. The Morgan fingerprint density at radius 1 is 1.12 bits per heavy atom. The second-order valence-corrected chi connectivity index (χ2v) is 4.49. The zero-order valence-corrected chi connectivity index (χ0v) is 11.7. The largest absolute Gasteiger partial charge is 0.493 e. The average molecular weight is 301 g/mol. The second kappa shape index (κ2) is 7.33. The lowest BCUT2D eigenvalue weighted by molar-refractivity contribution is 0.111. The molecule has 0 unspecified atom stereocenters. The van der Waals surface area contributed by atoms with E-state index in [4.69, 9.17) is 9.47 Å². The maximum absolute atomic E-state index is 10.9. The zero-order valence-electron chi connectivity index (χ0n) is 10.2. The molecule has 0 saturated carbocycles. The van der Waals surface area contributed by atoms with E-state index in [0.29, 0.717) is 30.3 Å². The number of carbonyl (C=O) groups is 1. The Morgan fingerprint density at radius 3 is 2.24 bits per heavy atom. The summed E-state index contributed by atoms with van der Waals surface area (Å²) in [6.45, 7) is 5.30. The van der Waals surface area contributed by atoms with E-state index in [1.807, 2.05) is 13.8 Å². The molecular weight excluding hydrogens is 284 g/mol. The molecule has 1 aromatic carbocycles. The third-order valence-electron chi connectivity index (χ3n) is 2.11. The van der Waals surface area contributed by atoms with Crippen molar-refractivity contribution in [2.24, 2.45) is 0 Å². The van der Waals surface area contributed by atoms with Crippen LogP contribution in [0.5, 0.6) is 11.5 Å². The Kier molecular flexibility index (Phi) is 6.05. The van der Waals surface area contributed by atoms with Crippen LogP contribution in [0.2, 0.25) is 0 Å². The Hall–Kier alpha value is -1.03. The van der Waals surface area contributed by atoms with Crippen LogP contribution >= 0.6 is 15.9 Å². The molecule has 1 aromatic rings. The molecule has 4 heteroatoms. The van der Waals surface area contributed by atoms with Crippen molar-refractivity contribution in [3.63, 3.8) is 0 Å². The summed E-state index contributed by atoms with van der Waals surface area (Å²) in [6.07, 6.45) is 2.63. The molecule has 0 amide bonds. The van der Waals surface area contributed by atoms with Crippen LogP contribution in [-0.2, 0) is 0 Å². The van der Waals surface area contributed by atoms with Crippen molar-refractivity contribution in [2.75, 3.05) is 13.2 Å². The van der Waals surface area contributed by atoms with Gasteiger partial charge in [-0.3, -0.25) is 4.79 Å². The predicted octanol–water partition coefficient (Wildman–Crippen LogP) is 3.84. The molecule has 0 N–H and O–H groups in total. The molecule has 0 fully saturated rings. The molecule has 0 bridgehead atoms. The van der Waals surface area contributed by atoms with Gasteiger partial charge in [0.05, 0.1) is 23.2 Å². The number of ether oxygens (including phenoxy) is 2. The smallest absolute Gasteiger partial charge is 0.153 e. The summed E-state index contributed by atoms with van der Waals surface area (Å²) in [5, 5.41) is 0. The highest BCUT2D eigenvalue weighted by Crippen LogP contribution is 2.32. The fourth-order valence-electron chi connectivity index (χ4n) is 1.30. The van der Waals surface area contributed by atoms with Crippen LogP contribution in [0.4, 0.5) is 0 Å². The van der Waals surface area contributed by atoms with Crippen LogP contribution in [-0.4, -0.2) is 19.5 Å². The number of hydrogen-bond acceptors (Lipinski definition) is 3. The highest BCUT2D eigenvalue weighted by atomic mass is 79.9. The summed E-state index contributed by atoms with van der Waals surface area (Å²) in [5.41, 5.74) is 0.536. The Morgan fingerprint density at radius 2 is 1.71 bits per heavy atom. The van der Waals surface area contributed by atoms with Gasteiger partial charge in [-0.25, -0.2) is 0 Å². The van der Waals surface area contributed by atoms with Gasteiger partial charge in [-0.15, -0.1) is 0 Å². The number of hydrogen-bond donors (Lipinski definition) is 0. The minimum Gasteiger partial charge on any atom is -0.493 e. The number of carbonyl (C=O) groups excluding carboxylic acids is 1. The van der Waals surface area contributed by atoms with Crippen molar-refractivity contribution in [1.82, 2.24) is 0 Å². The van der Waals surface area contributed by atoms with Gasteiger partial charge in [-0.05, 0) is 34.8 Å². The fraction of sp³-hybridized carbons (Fsp3) is 0.462. The van der Waals surface area contributed by atoms with Crippen molar-refractivity contribution < 1.29 is 14.3 Å². The topological polar surface area (TPSA) is 35.5 Å². The van der Waals surface area contributed by atoms with Crippen molar-refractivity contribution in [2.45, 2.75) is 26.7 Å². The minimum atomic E-state index is 0.536. The molecule has 0 atom stereocenters. The fourth-order valence-corrected chi connectivity index (χ4v) is 1.78. The van der Waals surface area contributed by atoms with E-state index in [0.717, 1.165) is 23.6 Å². The molecule has 3 nitrogen and oxygen atoms in total. The van der Waals surface area contributed by atoms with Crippen LogP contribution in [0.3, 0.4) is 0 Å². The van der Waals surface area contributed by atoms with E-state index in [-0.39, 0.29) is 0 Å². The molecule has 0 aliphatic carbocycles. The molecule has 17 heavy (non-hydrogen) atoms. The van der Waals surface area contributed by atoms with Gasteiger partial charge < -0.3 is 9.47 Å². The van der Waals surface area contributed by atoms with E-state index >= 15 is 0 Å². The summed E-state index contributed by atoms with van der Waals surface area (Å²) >= 11 is 3.38. The van der Waals surface area contributed by atoms with Gasteiger partial charge in [0.15, 0.2) is 6.29 Å². The van der Waals surface area contributed by atoms with Gasteiger partial charge in [0.1, 0.15) is 11.5 Å². The molecule has 1 rings (SSSR count). The Balaban J connectivity index is 2.95.